The number of amides is 2. The lowest BCUT2D eigenvalue weighted by Gasteiger charge is -2.39. The maximum absolute atomic E-state index is 12.6. The number of carbonyl (C=O) groups is 2. The molecule has 0 aromatic carbocycles. The van der Waals surface area contributed by atoms with Crippen molar-refractivity contribution in [2.75, 3.05) is 26.2 Å². The number of rotatable bonds is 2. The summed E-state index contributed by atoms with van der Waals surface area (Å²) in [4.78, 5) is 29.2. The van der Waals surface area contributed by atoms with E-state index in [2.05, 4.69) is 0 Å². The smallest absolute Gasteiger partial charge is 0.225 e. The molecule has 0 bridgehead atoms. The first-order valence-corrected chi connectivity index (χ1v) is 9.63. The maximum atomic E-state index is 12.6. The predicted octanol–water partition coefficient (Wildman–Crippen LogP) is 0.692. The van der Waals surface area contributed by atoms with Gasteiger partial charge >= 0.3 is 0 Å². The van der Waals surface area contributed by atoms with Crippen LogP contribution in [0.15, 0.2) is 0 Å². The van der Waals surface area contributed by atoms with Crippen molar-refractivity contribution in [3.05, 3.63) is 0 Å². The quantitative estimate of drug-likeness (QED) is 0.776. The third kappa shape index (κ3) is 4.09. The van der Waals surface area contributed by atoms with Gasteiger partial charge in [-0.3, -0.25) is 9.59 Å². The average Bonchev–Trinajstić information content (AvgIpc) is 2.62. The van der Waals surface area contributed by atoms with Crippen LogP contribution in [0.5, 0.6) is 0 Å². The van der Waals surface area contributed by atoms with Gasteiger partial charge in [-0.2, -0.15) is 0 Å². The maximum Gasteiger partial charge on any atom is 0.225 e. The van der Waals surface area contributed by atoms with Gasteiger partial charge in [0.05, 0.1) is 0 Å². The van der Waals surface area contributed by atoms with Crippen molar-refractivity contribution < 1.29 is 9.59 Å². The number of hydrogen-bond acceptors (Lipinski definition) is 4. The fourth-order valence-corrected chi connectivity index (χ4v) is 4.40. The van der Waals surface area contributed by atoms with Gasteiger partial charge in [-0.15, -0.1) is 0 Å². The van der Waals surface area contributed by atoms with E-state index in [4.69, 9.17) is 11.5 Å². The standard InChI is InChI=1S/C18H32N4O2/c19-15-5-1-13(2-6-15)17(23)21-9-11-22(12-10-21)18(24)14-3-7-16(20)8-4-14/h13-16H,1-12,19-20H2. The van der Waals surface area contributed by atoms with E-state index < -0.39 is 0 Å². The second-order valence-electron chi connectivity index (χ2n) is 7.87. The van der Waals surface area contributed by atoms with E-state index in [1.807, 2.05) is 9.80 Å². The molecule has 1 aliphatic heterocycles. The van der Waals surface area contributed by atoms with Crippen molar-refractivity contribution >= 4 is 11.8 Å². The minimum atomic E-state index is 0.145. The van der Waals surface area contributed by atoms with E-state index in [1.54, 1.807) is 0 Å². The summed E-state index contributed by atoms with van der Waals surface area (Å²) in [5, 5.41) is 0. The van der Waals surface area contributed by atoms with Crippen molar-refractivity contribution in [1.29, 1.82) is 0 Å². The zero-order chi connectivity index (χ0) is 17.1. The van der Waals surface area contributed by atoms with Gasteiger partial charge in [-0.25, -0.2) is 0 Å². The van der Waals surface area contributed by atoms with E-state index in [0.717, 1.165) is 51.4 Å². The number of nitrogens with zero attached hydrogens (tertiary/aromatic N) is 2. The molecule has 0 spiro atoms. The second kappa shape index (κ2) is 7.83. The highest BCUT2D eigenvalue weighted by molar-refractivity contribution is 5.81. The van der Waals surface area contributed by atoms with Gasteiger partial charge in [-0.05, 0) is 51.4 Å². The van der Waals surface area contributed by atoms with Crippen LogP contribution in [-0.4, -0.2) is 59.9 Å². The minimum absolute atomic E-state index is 0.145. The Kier molecular flexibility index (Phi) is 5.76. The molecule has 0 unspecified atom stereocenters. The molecule has 6 heteroatoms. The molecule has 2 amide bonds. The molecule has 6 nitrogen and oxygen atoms in total. The molecule has 136 valence electrons. The molecule has 4 N–H and O–H groups in total. The van der Waals surface area contributed by atoms with Crippen molar-refractivity contribution in [2.45, 2.75) is 63.5 Å². The Morgan fingerprint density at radius 1 is 0.583 bits per heavy atom. The van der Waals surface area contributed by atoms with Crippen LogP contribution in [0.2, 0.25) is 0 Å². The summed E-state index contributed by atoms with van der Waals surface area (Å²) in [6.07, 6.45) is 7.50. The van der Waals surface area contributed by atoms with E-state index in [1.165, 1.54) is 0 Å². The Labute approximate surface area is 144 Å². The molecular weight excluding hydrogens is 304 g/mol. The van der Waals surface area contributed by atoms with Crippen LogP contribution >= 0.6 is 0 Å². The SMILES string of the molecule is NC1CCC(C(=O)N2CCN(C(=O)C3CCC(N)CC3)CC2)CC1. The average molecular weight is 336 g/mol. The summed E-state index contributed by atoms with van der Waals surface area (Å²) in [5.74, 6) is 0.842. The van der Waals surface area contributed by atoms with Gasteiger partial charge in [0.15, 0.2) is 0 Å². The van der Waals surface area contributed by atoms with Gasteiger partial charge in [0.1, 0.15) is 0 Å². The third-order valence-corrected chi connectivity index (χ3v) is 6.15. The summed E-state index contributed by atoms with van der Waals surface area (Å²) >= 11 is 0. The van der Waals surface area contributed by atoms with Crippen LogP contribution in [-0.2, 0) is 9.59 Å². The highest BCUT2D eigenvalue weighted by Crippen LogP contribution is 2.27. The summed E-state index contributed by atoms with van der Waals surface area (Å²) in [5.41, 5.74) is 11.9. The Morgan fingerprint density at radius 3 is 1.17 bits per heavy atom. The first kappa shape index (κ1) is 17.7. The van der Waals surface area contributed by atoms with Crippen LogP contribution in [0, 0.1) is 11.8 Å². The van der Waals surface area contributed by atoms with Crippen molar-refractivity contribution in [1.82, 2.24) is 9.80 Å². The second-order valence-corrected chi connectivity index (χ2v) is 7.87. The number of nitrogens with two attached hydrogens (primary N) is 2. The zero-order valence-electron chi connectivity index (χ0n) is 14.7. The minimum Gasteiger partial charge on any atom is -0.339 e. The molecule has 24 heavy (non-hydrogen) atoms. The summed E-state index contributed by atoms with van der Waals surface area (Å²) < 4.78 is 0. The molecule has 1 saturated heterocycles. The monoisotopic (exact) mass is 336 g/mol. The van der Waals surface area contributed by atoms with Crippen LogP contribution in [0.3, 0.4) is 0 Å². The van der Waals surface area contributed by atoms with Gasteiger partial charge in [0.2, 0.25) is 11.8 Å². The van der Waals surface area contributed by atoms with Crippen molar-refractivity contribution in [3.8, 4) is 0 Å². The first-order valence-electron chi connectivity index (χ1n) is 9.63. The topological polar surface area (TPSA) is 92.7 Å². The highest BCUT2D eigenvalue weighted by Gasteiger charge is 2.33. The van der Waals surface area contributed by atoms with Crippen LogP contribution in [0.4, 0.5) is 0 Å². The number of carbonyl (C=O) groups excluding carboxylic acids is 2. The lowest BCUT2D eigenvalue weighted by molar-refractivity contribution is -0.145. The van der Waals surface area contributed by atoms with Gasteiger partial charge in [0, 0.05) is 50.1 Å². The van der Waals surface area contributed by atoms with E-state index in [9.17, 15) is 9.59 Å². The first-order chi connectivity index (χ1) is 11.5. The molecule has 0 atom stereocenters. The van der Waals surface area contributed by atoms with Gasteiger partial charge in [0.25, 0.3) is 0 Å². The molecule has 0 radical (unpaired) electrons. The Morgan fingerprint density at radius 2 is 0.875 bits per heavy atom. The number of hydrogen-bond donors (Lipinski definition) is 2. The Bertz CT molecular complexity index is 404. The van der Waals surface area contributed by atoms with Crippen LogP contribution in [0.1, 0.15) is 51.4 Å². The van der Waals surface area contributed by atoms with Crippen molar-refractivity contribution in [3.63, 3.8) is 0 Å². The molecule has 1 heterocycles. The molecule has 0 aromatic rings. The van der Waals surface area contributed by atoms with Crippen LogP contribution in [0.25, 0.3) is 0 Å². The fourth-order valence-electron chi connectivity index (χ4n) is 4.40. The molecule has 3 aliphatic rings. The Balaban J connectivity index is 1.45. The summed E-state index contributed by atoms with van der Waals surface area (Å²) in [7, 11) is 0. The lowest BCUT2D eigenvalue weighted by atomic mass is 9.85. The normalized spacial score (nSPS) is 34.9. The third-order valence-electron chi connectivity index (χ3n) is 6.15. The van der Waals surface area contributed by atoms with E-state index in [0.29, 0.717) is 26.2 Å². The molecule has 2 aliphatic carbocycles. The van der Waals surface area contributed by atoms with E-state index in [-0.39, 0.29) is 35.7 Å². The lowest BCUT2D eigenvalue weighted by Crippen LogP contribution is -2.53. The molecule has 3 fully saturated rings. The predicted molar refractivity (Wildman–Crippen MR) is 93.0 cm³/mol. The van der Waals surface area contributed by atoms with E-state index >= 15 is 0 Å². The van der Waals surface area contributed by atoms with Gasteiger partial charge < -0.3 is 21.3 Å². The highest BCUT2D eigenvalue weighted by atomic mass is 16.2. The molecule has 2 saturated carbocycles. The molecule has 3 rings (SSSR count). The summed E-state index contributed by atoms with van der Waals surface area (Å²) in [6, 6.07) is 0.541. The summed E-state index contributed by atoms with van der Waals surface area (Å²) in [6.45, 7) is 2.72. The van der Waals surface area contributed by atoms with Crippen molar-refractivity contribution in [2.24, 2.45) is 23.3 Å². The van der Waals surface area contributed by atoms with Crippen LogP contribution < -0.4 is 11.5 Å². The molecule has 0 aromatic heterocycles. The zero-order valence-corrected chi connectivity index (χ0v) is 14.7. The Hall–Kier alpha value is -1.14. The van der Waals surface area contributed by atoms with Gasteiger partial charge in [-0.1, -0.05) is 0 Å². The fraction of sp³-hybridized carbons (Fsp3) is 0.889. The number of piperazine rings is 1. The molecular formula is C18H32N4O2. The largest absolute Gasteiger partial charge is 0.339 e.